The maximum absolute atomic E-state index is 12.5. The Morgan fingerprint density at radius 1 is 1.06 bits per heavy atom. The molecule has 0 saturated carbocycles. The molecule has 1 fully saturated rings. The largest absolute Gasteiger partial charge is 0.344 e. The fourth-order valence-corrected chi connectivity index (χ4v) is 4.02. The van der Waals surface area contributed by atoms with Crippen molar-refractivity contribution in [2.24, 2.45) is 0 Å². The Morgan fingerprint density at radius 3 is 2.62 bits per heavy atom. The van der Waals surface area contributed by atoms with E-state index in [4.69, 9.17) is 0 Å². The van der Waals surface area contributed by atoms with Crippen molar-refractivity contribution >= 4 is 22.6 Å². The number of benzene rings is 1. The monoisotopic (exact) mass is 426 g/mol. The van der Waals surface area contributed by atoms with Crippen LogP contribution in [-0.2, 0) is 6.54 Å². The molecule has 0 atom stereocenters. The van der Waals surface area contributed by atoms with Gasteiger partial charge in [0.2, 0.25) is 0 Å². The van der Waals surface area contributed by atoms with Crippen LogP contribution in [0.5, 0.6) is 0 Å². The van der Waals surface area contributed by atoms with Gasteiger partial charge in [0.15, 0.2) is 0 Å². The molecule has 4 aromatic rings. The Bertz CT molecular complexity index is 1210. The number of aromatic amines is 1. The number of rotatable bonds is 5. The summed E-state index contributed by atoms with van der Waals surface area (Å²) in [6.45, 7) is 5.45. The number of likely N-dealkylation sites (N-methyl/N-ethyl adjacent to an activating group) is 1. The number of pyridine rings is 2. The van der Waals surface area contributed by atoms with E-state index in [1.807, 2.05) is 6.20 Å². The molecule has 1 aromatic carbocycles. The van der Waals surface area contributed by atoms with Crippen molar-refractivity contribution < 1.29 is 4.79 Å². The highest BCUT2D eigenvalue weighted by Gasteiger charge is 2.14. The molecular formula is C25H26N6O. The molecule has 1 saturated heterocycles. The van der Waals surface area contributed by atoms with Gasteiger partial charge in [0, 0.05) is 68.5 Å². The predicted octanol–water partition coefficient (Wildman–Crippen LogP) is 3.62. The van der Waals surface area contributed by atoms with Gasteiger partial charge in [-0.05, 0) is 36.4 Å². The third-order valence-corrected chi connectivity index (χ3v) is 5.99. The second-order valence-electron chi connectivity index (χ2n) is 8.29. The summed E-state index contributed by atoms with van der Waals surface area (Å²) in [4.78, 5) is 29.1. The molecule has 7 heteroatoms. The van der Waals surface area contributed by atoms with Crippen LogP contribution in [0.3, 0.4) is 0 Å². The number of amides is 1. The van der Waals surface area contributed by atoms with Crippen molar-refractivity contribution in [2.45, 2.75) is 6.54 Å². The number of hydrogen-bond donors (Lipinski definition) is 2. The van der Waals surface area contributed by atoms with Crippen LogP contribution in [0, 0.1) is 0 Å². The molecule has 0 radical (unpaired) electrons. The Morgan fingerprint density at radius 2 is 1.88 bits per heavy atom. The predicted molar refractivity (Wildman–Crippen MR) is 126 cm³/mol. The topological polar surface area (TPSA) is 77.1 Å². The summed E-state index contributed by atoms with van der Waals surface area (Å²) in [5.74, 6) is -0.197. The van der Waals surface area contributed by atoms with Crippen LogP contribution in [0.15, 0.2) is 67.3 Å². The normalized spacial score (nSPS) is 15.2. The lowest BCUT2D eigenvalue weighted by Crippen LogP contribution is -2.43. The minimum Gasteiger partial charge on any atom is -0.344 e. The lowest BCUT2D eigenvalue weighted by molar-refractivity contribution is 0.102. The second-order valence-corrected chi connectivity index (χ2v) is 8.29. The number of fused-ring (bicyclic) bond motifs is 1. The highest BCUT2D eigenvalue weighted by molar-refractivity contribution is 6.08. The van der Waals surface area contributed by atoms with E-state index >= 15 is 0 Å². The van der Waals surface area contributed by atoms with E-state index in [-0.39, 0.29) is 5.91 Å². The fraction of sp³-hybridized carbons (Fsp3) is 0.240. The minimum absolute atomic E-state index is 0.197. The smallest absolute Gasteiger partial charge is 0.257 e. The van der Waals surface area contributed by atoms with Crippen LogP contribution in [-0.4, -0.2) is 63.9 Å². The van der Waals surface area contributed by atoms with Gasteiger partial charge >= 0.3 is 0 Å². The third-order valence-electron chi connectivity index (χ3n) is 5.99. The third kappa shape index (κ3) is 4.39. The van der Waals surface area contributed by atoms with Crippen LogP contribution in [0.2, 0.25) is 0 Å². The average molecular weight is 427 g/mol. The molecule has 7 nitrogen and oxygen atoms in total. The zero-order valence-corrected chi connectivity index (χ0v) is 18.1. The van der Waals surface area contributed by atoms with Gasteiger partial charge in [0.25, 0.3) is 5.91 Å². The molecule has 4 heterocycles. The summed E-state index contributed by atoms with van der Waals surface area (Å²) >= 11 is 0. The van der Waals surface area contributed by atoms with E-state index in [9.17, 15) is 4.79 Å². The Labute approximate surface area is 187 Å². The van der Waals surface area contributed by atoms with Crippen LogP contribution >= 0.6 is 0 Å². The number of H-pyrrole nitrogens is 1. The lowest BCUT2D eigenvalue weighted by Gasteiger charge is -2.32. The summed E-state index contributed by atoms with van der Waals surface area (Å²) in [6, 6.07) is 14.2. The first-order chi connectivity index (χ1) is 15.7. The molecule has 0 spiro atoms. The number of carbonyl (C=O) groups excluding carboxylic acids is 1. The van der Waals surface area contributed by atoms with Crippen molar-refractivity contribution in [3.8, 4) is 11.1 Å². The number of piperazine rings is 1. The van der Waals surface area contributed by atoms with Crippen molar-refractivity contribution in [1.82, 2.24) is 24.8 Å². The number of nitrogens with one attached hydrogen (secondary N) is 2. The Kier molecular flexibility index (Phi) is 5.66. The molecular weight excluding hydrogens is 400 g/mol. The number of aromatic nitrogens is 3. The zero-order chi connectivity index (χ0) is 21.9. The quantitative estimate of drug-likeness (QED) is 0.510. The van der Waals surface area contributed by atoms with Crippen LogP contribution in [0.1, 0.15) is 15.9 Å². The first-order valence-electron chi connectivity index (χ1n) is 10.8. The minimum atomic E-state index is -0.197. The van der Waals surface area contributed by atoms with Crippen LogP contribution in [0.4, 0.5) is 5.69 Å². The van der Waals surface area contributed by atoms with Gasteiger partial charge in [-0.3, -0.25) is 14.7 Å². The summed E-state index contributed by atoms with van der Waals surface area (Å²) in [6.07, 6.45) is 6.84. The highest BCUT2D eigenvalue weighted by Crippen LogP contribution is 2.28. The van der Waals surface area contributed by atoms with E-state index < -0.39 is 0 Å². The molecule has 3 aromatic heterocycles. The van der Waals surface area contributed by atoms with E-state index in [0.717, 1.165) is 54.9 Å². The Hall–Kier alpha value is -3.55. The zero-order valence-electron chi connectivity index (χ0n) is 18.1. The number of nitrogens with zero attached hydrogens (tertiary/aromatic N) is 4. The summed E-state index contributed by atoms with van der Waals surface area (Å²) in [5.41, 5.74) is 5.39. The van der Waals surface area contributed by atoms with Crippen LogP contribution in [0.25, 0.3) is 22.2 Å². The second kappa shape index (κ2) is 8.90. The molecule has 2 N–H and O–H groups in total. The molecule has 0 aliphatic carbocycles. The van der Waals surface area contributed by atoms with Gasteiger partial charge < -0.3 is 15.2 Å². The molecule has 0 unspecified atom stereocenters. The van der Waals surface area contributed by atoms with Gasteiger partial charge in [0.05, 0.1) is 11.3 Å². The molecule has 5 rings (SSSR count). The van der Waals surface area contributed by atoms with Gasteiger partial charge in [-0.25, -0.2) is 4.98 Å². The van der Waals surface area contributed by atoms with Crippen LogP contribution < -0.4 is 5.32 Å². The molecule has 1 amide bonds. The van der Waals surface area contributed by atoms with Gasteiger partial charge in [-0.2, -0.15) is 0 Å². The van der Waals surface area contributed by atoms with Gasteiger partial charge in [-0.15, -0.1) is 0 Å². The number of carbonyl (C=O) groups is 1. The van der Waals surface area contributed by atoms with Crippen molar-refractivity contribution in [3.63, 3.8) is 0 Å². The summed E-state index contributed by atoms with van der Waals surface area (Å²) in [7, 11) is 2.18. The van der Waals surface area contributed by atoms with E-state index in [0.29, 0.717) is 11.3 Å². The summed E-state index contributed by atoms with van der Waals surface area (Å²) < 4.78 is 0. The van der Waals surface area contributed by atoms with E-state index in [2.05, 4.69) is 67.4 Å². The standard InChI is InChI=1S/C25H26N6O/c1-30-9-11-31(12-10-30)17-18-4-6-19(7-5-18)21-13-22-23(16-28-24(22)27-15-21)29-25(32)20-3-2-8-26-14-20/h2-8,13-16H,9-12,17H2,1H3,(H,27,28)(H,29,32). The maximum Gasteiger partial charge on any atom is 0.257 e. The highest BCUT2D eigenvalue weighted by atomic mass is 16.1. The van der Waals surface area contributed by atoms with Crippen molar-refractivity contribution in [2.75, 3.05) is 38.5 Å². The molecule has 0 bridgehead atoms. The first-order valence-corrected chi connectivity index (χ1v) is 10.8. The molecule has 32 heavy (non-hydrogen) atoms. The van der Waals surface area contributed by atoms with Crippen molar-refractivity contribution in [1.29, 1.82) is 0 Å². The molecule has 1 aliphatic heterocycles. The molecule has 1 aliphatic rings. The van der Waals surface area contributed by atoms with Crippen molar-refractivity contribution in [3.05, 3.63) is 78.4 Å². The van der Waals surface area contributed by atoms with E-state index in [1.165, 1.54) is 5.56 Å². The van der Waals surface area contributed by atoms with Gasteiger partial charge in [0.1, 0.15) is 5.65 Å². The number of anilines is 1. The van der Waals surface area contributed by atoms with Gasteiger partial charge in [-0.1, -0.05) is 24.3 Å². The first kappa shape index (κ1) is 20.4. The average Bonchev–Trinajstić information content (AvgIpc) is 3.23. The fourth-order valence-electron chi connectivity index (χ4n) is 4.02. The molecule has 162 valence electrons. The lowest BCUT2D eigenvalue weighted by atomic mass is 10.0. The SMILES string of the molecule is CN1CCN(Cc2ccc(-c3cnc4[nH]cc(NC(=O)c5cccnc5)c4c3)cc2)CC1. The summed E-state index contributed by atoms with van der Waals surface area (Å²) in [5, 5.41) is 3.83. The maximum atomic E-state index is 12.5. The Balaban J connectivity index is 1.33. The number of hydrogen-bond acceptors (Lipinski definition) is 5. The van der Waals surface area contributed by atoms with E-state index in [1.54, 1.807) is 30.7 Å².